The molecule has 8 heteroatoms. The number of nitrogen functional groups attached to an aromatic ring is 1. The second-order valence-electron chi connectivity index (χ2n) is 5.47. The zero-order chi connectivity index (χ0) is 17.3. The first-order valence-corrected chi connectivity index (χ1v) is 9.17. The van der Waals surface area contributed by atoms with Gasteiger partial charge in [0.05, 0.1) is 28.9 Å². The van der Waals surface area contributed by atoms with Crippen molar-refractivity contribution in [2.45, 2.75) is 19.4 Å². The van der Waals surface area contributed by atoms with E-state index in [1.165, 1.54) is 11.3 Å². The first-order valence-electron chi connectivity index (χ1n) is 7.60. The Bertz CT molecular complexity index is 766. The third-order valence-corrected chi connectivity index (χ3v) is 5.57. The molecule has 0 unspecified atom stereocenters. The van der Waals surface area contributed by atoms with Gasteiger partial charge in [0.15, 0.2) is 5.13 Å². The van der Waals surface area contributed by atoms with Crippen molar-refractivity contribution in [2.24, 2.45) is 0 Å². The molecule has 0 aliphatic carbocycles. The van der Waals surface area contributed by atoms with Crippen LogP contribution < -0.4 is 5.73 Å². The monoisotopic (exact) mass is 385 g/mol. The van der Waals surface area contributed by atoms with Crippen LogP contribution >= 0.6 is 34.5 Å². The van der Waals surface area contributed by atoms with Crippen molar-refractivity contribution in [3.63, 3.8) is 0 Å². The number of nitrogens with two attached hydrogens (primary N) is 1. The van der Waals surface area contributed by atoms with Gasteiger partial charge in [0.2, 0.25) is 0 Å². The van der Waals surface area contributed by atoms with Crippen molar-refractivity contribution in [3.8, 4) is 0 Å². The fourth-order valence-corrected chi connectivity index (χ4v) is 3.86. The Morgan fingerprint density at radius 1 is 1.46 bits per heavy atom. The summed E-state index contributed by atoms with van der Waals surface area (Å²) in [5.74, 6) is -0.0468. The molecule has 0 saturated carbocycles. The first-order chi connectivity index (χ1) is 11.5. The Morgan fingerprint density at radius 2 is 2.25 bits per heavy atom. The summed E-state index contributed by atoms with van der Waals surface area (Å²) >= 11 is 13.3. The number of hydrogen-bond donors (Lipinski definition) is 1. The molecule has 1 fully saturated rings. The van der Waals surface area contributed by atoms with Crippen LogP contribution in [0.1, 0.15) is 34.0 Å². The van der Waals surface area contributed by atoms with Crippen LogP contribution in [-0.4, -0.2) is 35.5 Å². The van der Waals surface area contributed by atoms with Gasteiger partial charge in [-0.15, -0.1) is 0 Å². The number of benzene rings is 1. The number of hydrogen-bond acceptors (Lipinski definition) is 5. The molecule has 0 spiro atoms. The van der Waals surface area contributed by atoms with Gasteiger partial charge < -0.3 is 15.4 Å². The molecule has 1 atom stereocenters. The summed E-state index contributed by atoms with van der Waals surface area (Å²) in [6.07, 6.45) is 0.447. The SMILES string of the molecule is CCc1nc(N)sc1C(=O)N1CCO[C@@H](c2ccc(Cl)c(Cl)c2)C1. The van der Waals surface area contributed by atoms with E-state index in [1.54, 1.807) is 17.0 Å². The standard InChI is InChI=1S/C16H17Cl2N3O2S/c1-2-12-14(24-16(19)20-12)15(22)21-5-6-23-13(8-21)9-3-4-10(17)11(18)7-9/h3-4,7,13H,2,5-6,8H2,1H3,(H2,19,20)/t13-/m1/s1. The van der Waals surface area contributed by atoms with E-state index in [0.29, 0.717) is 46.2 Å². The largest absolute Gasteiger partial charge is 0.375 e. The van der Waals surface area contributed by atoms with Gasteiger partial charge >= 0.3 is 0 Å². The predicted molar refractivity (Wildman–Crippen MR) is 97.0 cm³/mol. The van der Waals surface area contributed by atoms with Gasteiger partial charge in [0, 0.05) is 6.54 Å². The quantitative estimate of drug-likeness (QED) is 0.871. The molecule has 2 aromatic rings. The Balaban J connectivity index is 1.79. The van der Waals surface area contributed by atoms with Crippen LogP contribution in [0.3, 0.4) is 0 Å². The molecule has 0 radical (unpaired) electrons. The van der Waals surface area contributed by atoms with Gasteiger partial charge in [-0.05, 0) is 24.1 Å². The molecule has 1 aliphatic rings. The molecule has 1 aliphatic heterocycles. The van der Waals surface area contributed by atoms with Gasteiger partial charge in [-0.1, -0.05) is 47.5 Å². The summed E-state index contributed by atoms with van der Waals surface area (Å²) in [6.45, 7) is 3.42. The average molecular weight is 386 g/mol. The fraction of sp³-hybridized carbons (Fsp3) is 0.375. The Kier molecular flexibility index (Phi) is 5.30. The minimum Gasteiger partial charge on any atom is -0.375 e. The number of thiazole rings is 1. The van der Waals surface area contributed by atoms with Crippen LogP contribution in [0.5, 0.6) is 0 Å². The highest BCUT2D eigenvalue weighted by Crippen LogP contribution is 2.30. The van der Waals surface area contributed by atoms with E-state index in [0.717, 1.165) is 11.3 Å². The van der Waals surface area contributed by atoms with Crippen LogP contribution in [0, 0.1) is 0 Å². The topological polar surface area (TPSA) is 68.5 Å². The second-order valence-corrected chi connectivity index (χ2v) is 7.31. The summed E-state index contributed by atoms with van der Waals surface area (Å²) in [6, 6.07) is 5.39. The highest BCUT2D eigenvalue weighted by molar-refractivity contribution is 7.17. The number of carbonyl (C=O) groups is 1. The summed E-state index contributed by atoms with van der Waals surface area (Å²) < 4.78 is 5.80. The van der Waals surface area contributed by atoms with Crippen LogP contribution in [0.2, 0.25) is 10.0 Å². The highest BCUT2D eigenvalue weighted by atomic mass is 35.5. The number of rotatable bonds is 3. The minimum atomic E-state index is -0.229. The molecule has 3 rings (SSSR count). The van der Waals surface area contributed by atoms with Gasteiger partial charge in [0.25, 0.3) is 5.91 Å². The van der Waals surface area contributed by atoms with Crippen molar-refractivity contribution < 1.29 is 9.53 Å². The van der Waals surface area contributed by atoms with Crippen molar-refractivity contribution in [1.29, 1.82) is 0 Å². The lowest BCUT2D eigenvalue weighted by Gasteiger charge is -2.33. The van der Waals surface area contributed by atoms with E-state index >= 15 is 0 Å². The number of nitrogens with zero attached hydrogens (tertiary/aromatic N) is 2. The number of morpholine rings is 1. The molecule has 2 heterocycles. The third-order valence-electron chi connectivity index (χ3n) is 3.91. The number of anilines is 1. The Labute approximate surface area is 154 Å². The lowest BCUT2D eigenvalue weighted by molar-refractivity contribution is -0.0226. The number of aryl methyl sites for hydroxylation is 1. The third kappa shape index (κ3) is 3.52. The zero-order valence-corrected chi connectivity index (χ0v) is 15.4. The first kappa shape index (κ1) is 17.5. The number of halogens is 2. The lowest BCUT2D eigenvalue weighted by Crippen LogP contribution is -2.42. The molecule has 0 bridgehead atoms. The van der Waals surface area contributed by atoms with E-state index in [-0.39, 0.29) is 12.0 Å². The van der Waals surface area contributed by atoms with Gasteiger partial charge in [-0.2, -0.15) is 0 Å². The number of aromatic nitrogens is 1. The Hall–Kier alpha value is -1.34. The maximum atomic E-state index is 12.8. The second kappa shape index (κ2) is 7.27. The van der Waals surface area contributed by atoms with Crippen molar-refractivity contribution in [3.05, 3.63) is 44.4 Å². The molecule has 1 saturated heterocycles. The van der Waals surface area contributed by atoms with Crippen LogP contribution in [0.25, 0.3) is 0 Å². The normalized spacial score (nSPS) is 18.0. The fourth-order valence-electron chi connectivity index (χ4n) is 2.67. The van der Waals surface area contributed by atoms with Crippen molar-refractivity contribution >= 4 is 45.6 Å². The van der Waals surface area contributed by atoms with Gasteiger partial charge in [-0.3, -0.25) is 4.79 Å². The lowest BCUT2D eigenvalue weighted by atomic mass is 10.1. The molecular weight excluding hydrogens is 369 g/mol. The van der Waals surface area contributed by atoms with Crippen molar-refractivity contribution in [2.75, 3.05) is 25.4 Å². The van der Waals surface area contributed by atoms with E-state index in [4.69, 9.17) is 33.7 Å². The van der Waals surface area contributed by atoms with Crippen LogP contribution in [0.15, 0.2) is 18.2 Å². The molecular formula is C16H17Cl2N3O2S. The molecule has 24 heavy (non-hydrogen) atoms. The zero-order valence-electron chi connectivity index (χ0n) is 13.1. The van der Waals surface area contributed by atoms with Crippen LogP contribution in [-0.2, 0) is 11.2 Å². The molecule has 5 nitrogen and oxygen atoms in total. The van der Waals surface area contributed by atoms with E-state index in [9.17, 15) is 4.79 Å². The van der Waals surface area contributed by atoms with Gasteiger partial charge in [-0.25, -0.2) is 4.98 Å². The predicted octanol–water partition coefficient (Wildman–Crippen LogP) is 3.81. The number of amides is 1. The highest BCUT2D eigenvalue weighted by Gasteiger charge is 2.29. The summed E-state index contributed by atoms with van der Waals surface area (Å²) in [5.41, 5.74) is 7.41. The minimum absolute atomic E-state index is 0.0468. The number of ether oxygens (including phenoxy) is 1. The molecule has 1 amide bonds. The summed E-state index contributed by atoms with van der Waals surface area (Å²) in [4.78, 5) is 19.5. The van der Waals surface area contributed by atoms with Crippen molar-refractivity contribution in [1.82, 2.24) is 9.88 Å². The van der Waals surface area contributed by atoms with E-state index in [1.807, 2.05) is 13.0 Å². The van der Waals surface area contributed by atoms with E-state index in [2.05, 4.69) is 4.98 Å². The molecule has 2 N–H and O–H groups in total. The molecule has 1 aromatic heterocycles. The maximum absolute atomic E-state index is 12.8. The summed E-state index contributed by atoms with van der Waals surface area (Å²) in [7, 11) is 0. The molecule has 1 aromatic carbocycles. The maximum Gasteiger partial charge on any atom is 0.266 e. The average Bonchev–Trinajstić information content (AvgIpc) is 2.97. The van der Waals surface area contributed by atoms with Gasteiger partial charge in [0.1, 0.15) is 11.0 Å². The van der Waals surface area contributed by atoms with Crippen LogP contribution in [0.4, 0.5) is 5.13 Å². The Morgan fingerprint density at radius 3 is 2.96 bits per heavy atom. The molecule has 128 valence electrons. The number of carbonyl (C=O) groups excluding carboxylic acids is 1. The van der Waals surface area contributed by atoms with E-state index < -0.39 is 0 Å². The smallest absolute Gasteiger partial charge is 0.266 e. The summed E-state index contributed by atoms with van der Waals surface area (Å²) in [5, 5.41) is 1.39.